The van der Waals surface area contributed by atoms with Crippen LogP contribution in [0.25, 0.3) is 0 Å². The number of nitrogens with zero attached hydrogens (tertiary/aromatic N) is 1. The second-order valence-corrected chi connectivity index (χ2v) is 3.63. The van der Waals surface area contributed by atoms with E-state index in [1.807, 2.05) is 0 Å². The highest BCUT2D eigenvalue weighted by molar-refractivity contribution is 5.40. The third-order valence-electron chi connectivity index (χ3n) is 2.33. The van der Waals surface area contributed by atoms with Crippen LogP contribution in [0.15, 0.2) is 16.9 Å². The zero-order chi connectivity index (χ0) is 11.2. The van der Waals surface area contributed by atoms with Gasteiger partial charge in [0.2, 0.25) is 0 Å². The summed E-state index contributed by atoms with van der Waals surface area (Å²) in [5, 5.41) is 0. The molecule has 6 heteroatoms. The Morgan fingerprint density at radius 2 is 1.93 bits per heavy atom. The number of halogens is 3. The molecule has 15 heavy (non-hydrogen) atoms. The molecule has 1 saturated carbocycles. The molecule has 1 aliphatic carbocycles. The average molecular weight is 218 g/mol. The highest BCUT2D eigenvalue weighted by atomic mass is 19.4. The van der Waals surface area contributed by atoms with E-state index in [-0.39, 0.29) is 21.9 Å². The fraction of sp³-hybridized carbons (Fsp3) is 0.444. The van der Waals surface area contributed by atoms with Crippen molar-refractivity contribution in [3.05, 3.63) is 28.2 Å². The molecule has 1 fully saturated rings. The van der Waals surface area contributed by atoms with Gasteiger partial charge in [-0.1, -0.05) is 0 Å². The minimum atomic E-state index is -4.66. The van der Waals surface area contributed by atoms with E-state index >= 15 is 0 Å². The minimum absolute atomic E-state index is 0.0208. The lowest BCUT2D eigenvalue weighted by atomic mass is 10.2. The number of alkyl halides is 3. The van der Waals surface area contributed by atoms with E-state index in [2.05, 4.69) is 0 Å². The molecular formula is C9H9F3N2O. The SMILES string of the molecule is Nc1cc(C2CC2)n(C(F)(F)F)c(=O)c1. The number of anilines is 1. The molecule has 0 bridgehead atoms. The lowest BCUT2D eigenvalue weighted by Gasteiger charge is -2.15. The summed E-state index contributed by atoms with van der Waals surface area (Å²) in [6.45, 7) is 0. The molecule has 0 spiro atoms. The van der Waals surface area contributed by atoms with Gasteiger partial charge < -0.3 is 5.73 Å². The van der Waals surface area contributed by atoms with Gasteiger partial charge in [-0.25, -0.2) is 4.57 Å². The van der Waals surface area contributed by atoms with Crippen molar-refractivity contribution in [3.63, 3.8) is 0 Å². The molecule has 0 aliphatic heterocycles. The Morgan fingerprint density at radius 1 is 1.33 bits per heavy atom. The van der Waals surface area contributed by atoms with Crippen LogP contribution in [-0.4, -0.2) is 4.57 Å². The predicted molar refractivity (Wildman–Crippen MR) is 48.4 cm³/mol. The minimum Gasteiger partial charge on any atom is -0.399 e. The van der Waals surface area contributed by atoms with Gasteiger partial charge in [-0.15, -0.1) is 13.2 Å². The third kappa shape index (κ3) is 1.84. The van der Waals surface area contributed by atoms with E-state index in [0.717, 1.165) is 6.07 Å². The fourth-order valence-corrected chi connectivity index (χ4v) is 1.56. The van der Waals surface area contributed by atoms with Crippen molar-refractivity contribution in [2.75, 3.05) is 5.73 Å². The number of pyridine rings is 1. The van der Waals surface area contributed by atoms with Gasteiger partial charge in [-0.2, -0.15) is 0 Å². The van der Waals surface area contributed by atoms with Crippen LogP contribution < -0.4 is 11.3 Å². The first-order valence-corrected chi connectivity index (χ1v) is 4.49. The Morgan fingerprint density at radius 3 is 2.40 bits per heavy atom. The fourth-order valence-electron chi connectivity index (χ4n) is 1.56. The highest BCUT2D eigenvalue weighted by Crippen LogP contribution is 2.42. The van der Waals surface area contributed by atoms with Gasteiger partial charge in [0.15, 0.2) is 0 Å². The molecule has 1 aromatic rings. The first kappa shape index (κ1) is 10.1. The summed E-state index contributed by atoms with van der Waals surface area (Å²) >= 11 is 0. The van der Waals surface area contributed by atoms with Crippen LogP contribution in [0.3, 0.4) is 0 Å². The van der Waals surface area contributed by atoms with Gasteiger partial charge in [-0.05, 0) is 24.8 Å². The monoisotopic (exact) mass is 218 g/mol. The Labute approximate surface area is 83.3 Å². The van der Waals surface area contributed by atoms with Crippen LogP contribution in [0.2, 0.25) is 0 Å². The maximum absolute atomic E-state index is 12.6. The Kier molecular flexibility index (Phi) is 2.02. The molecule has 2 N–H and O–H groups in total. The van der Waals surface area contributed by atoms with E-state index in [1.165, 1.54) is 6.07 Å². The zero-order valence-corrected chi connectivity index (χ0v) is 7.71. The van der Waals surface area contributed by atoms with Crippen molar-refractivity contribution in [1.29, 1.82) is 0 Å². The summed E-state index contributed by atoms with van der Waals surface area (Å²) in [7, 11) is 0. The van der Waals surface area contributed by atoms with Crippen LogP contribution in [-0.2, 0) is 6.30 Å². The third-order valence-corrected chi connectivity index (χ3v) is 2.33. The molecule has 82 valence electrons. The molecule has 1 heterocycles. The summed E-state index contributed by atoms with van der Waals surface area (Å²) in [5.41, 5.74) is 4.31. The molecule has 0 unspecified atom stereocenters. The van der Waals surface area contributed by atoms with Crippen LogP contribution in [0, 0.1) is 0 Å². The summed E-state index contributed by atoms with van der Waals surface area (Å²) in [4.78, 5) is 11.2. The van der Waals surface area contributed by atoms with Gasteiger partial charge in [0, 0.05) is 17.4 Å². The molecular weight excluding hydrogens is 209 g/mol. The molecule has 1 aliphatic rings. The lowest BCUT2D eigenvalue weighted by Crippen LogP contribution is -2.33. The summed E-state index contributed by atoms with van der Waals surface area (Å²) in [5.74, 6) is -0.178. The van der Waals surface area contributed by atoms with Crippen LogP contribution in [0.5, 0.6) is 0 Å². The van der Waals surface area contributed by atoms with E-state index in [4.69, 9.17) is 5.73 Å². The number of hydrogen-bond acceptors (Lipinski definition) is 2. The quantitative estimate of drug-likeness (QED) is 0.781. The Balaban J connectivity index is 2.65. The Hall–Kier alpha value is -1.46. The van der Waals surface area contributed by atoms with Crippen LogP contribution >= 0.6 is 0 Å². The average Bonchev–Trinajstić information content (AvgIpc) is 2.80. The molecule has 1 aromatic heterocycles. The molecule has 0 amide bonds. The molecule has 0 saturated heterocycles. The van der Waals surface area contributed by atoms with Gasteiger partial charge in [0.1, 0.15) is 0 Å². The molecule has 3 nitrogen and oxygen atoms in total. The van der Waals surface area contributed by atoms with Gasteiger partial charge in [0.05, 0.1) is 0 Å². The lowest BCUT2D eigenvalue weighted by molar-refractivity contribution is -0.207. The maximum Gasteiger partial charge on any atom is 0.491 e. The van der Waals surface area contributed by atoms with Gasteiger partial charge >= 0.3 is 6.30 Å². The first-order valence-electron chi connectivity index (χ1n) is 4.49. The standard InChI is InChI=1S/C9H9F3N2O/c10-9(11,12)14-7(5-1-2-5)3-6(13)4-8(14)15/h3-5H,1-2,13H2. The van der Waals surface area contributed by atoms with Crippen molar-refractivity contribution in [2.24, 2.45) is 0 Å². The topological polar surface area (TPSA) is 48.0 Å². The van der Waals surface area contributed by atoms with E-state index in [1.54, 1.807) is 0 Å². The van der Waals surface area contributed by atoms with Crippen molar-refractivity contribution >= 4 is 5.69 Å². The van der Waals surface area contributed by atoms with Crippen LogP contribution in [0.4, 0.5) is 18.9 Å². The summed E-state index contributed by atoms with van der Waals surface area (Å²) in [6.07, 6.45) is -3.30. The number of hydrogen-bond donors (Lipinski definition) is 1. The van der Waals surface area contributed by atoms with E-state index in [0.29, 0.717) is 12.8 Å². The predicted octanol–water partition coefficient (Wildman–Crippen LogP) is 1.78. The first-order chi connectivity index (χ1) is 6.89. The van der Waals surface area contributed by atoms with Gasteiger partial charge in [0.25, 0.3) is 5.56 Å². The van der Waals surface area contributed by atoms with E-state index in [9.17, 15) is 18.0 Å². The maximum atomic E-state index is 12.6. The number of nitrogen functional groups attached to an aromatic ring is 1. The Bertz CT molecular complexity index is 446. The number of aromatic nitrogens is 1. The van der Waals surface area contributed by atoms with Gasteiger partial charge in [-0.3, -0.25) is 4.79 Å². The summed E-state index contributed by atoms with van der Waals surface area (Å²) in [6, 6.07) is 2.02. The number of rotatable bonds is 1. The second-order valence-electron chi connectivity index (χ2n) is 3.63. The zero-order valence-electron chi connectivity index (χ0n) is 7.71. The highest BCUT2D eigenvalue weighted by Gasteiger charge is 2.38. The molecule has 0 aromatic carbocycles. The van der Waals surface area contributed by atoms with Crippen molar-refractivity contribution in [1.82, 2.24) is 4.57 Å². The van der Waals surface area contributed by atoms with E-state index < -0.39 is 11.9 Å². The normalized spacial score (nSPS) is 16.7. The second kappa shape index (κ2) is 3.01. The van der Waals surface area contributed by atoms with Crippen LogP contribution in [0.1, 0.15) is 24.5 Å². The molecule has 0 atom stereocenters. The largest absolute Gasteiger partial charge is 0.491 e. The van der Waals surface area contributed by atoms with Crippen molar-refractivity contribution < 1.29 is 13.2 Å². The van der Waals surface area contributed by atoms with Crippen molar-refractivity contribution in [2.45, 2.75) is 25.1 Å². The molecule has 0 radical (unpaired) electrons. The number of nitrogens with two attached hydrogens (primary N) is 1. The molecule has 2 rings (SSSR count). The van der Waals surface area contributed by atoms with Crippen molar-refractivity contribution in [3.8, 4) is 0 Å². The summed E-state index contributed by atoms with van der Waals surface area (Å²) < 4.78 is 37.5. The smallest absolute Gasteiger partial charge is 0.399 e.